The lowest BCUT2D eigenvalue weighted by atomic mass is 9.97. The van der Waals surface area contributed by atoms with Gasteiger partial charge >= 0.3 is 0 Å². The van der Waals surface area contributed by atoms with Crippen molar-refractivity contribution in [3.05, 3.63) is 35.9 Å². The molecule has 1 aromatic carbocycles. The molecule has 1 aliphatic rings. The molecule has 4 heteroatoms. The van der Waals surface area contributed by atoms with Gasteiger partial charge in [0.25, 0.3) is 0 Å². The Morgan fingerprint density at radius 2 is 2.05 bits per heavy atom. The molecule has 19 heavy (non-hydrogen) atoms. The van der Waals surface area contributed by atoms with Crippen molar-refractivity contribution in [2.45, 2.75) is 38.1 Å². The summed E-state index contributed by atoms with van der Waals surface area (Å²) in [6, 6.07) is 10.1. The average Bonchev–Trinajstić information content (AvgIpc) is 2.77. The number of carbonyl (C=O) groups excluding carboxylic acids is 1. The lowest BCUT2D eigenvalue weighted by Gasteiger charge is -2.21. The predicted molar refractivity (Wildman–Crippen MR) is 80.4 cm³/mol. The summed E-state index contributed by atoms with van der Waals surface area (Å²) in [5.41, 5.74) is 6.76. The maximum absolute atomic E-state index is 12.3. The standard InChI is InChI=1S/C15H22N2O.ClH/c1-11-6-5-9-14(11)17-15(18)13(10-16)12-7-3-2-4-8-12;/h2-4,7-8,11,13-14H,5-6,9-10,16H2,1H3,(H,17,18);1H. The van der Waals surface area contributed by atoms with Gasteiger partial charge in [0.15, 0.2) is 0 Å². The molecule has 3 N–H and O–H groups in total. The predicted octanol–water partition coefficient (Wildman–Crippen LogP) is 2.46. The molecular weight excluding hydrogens is 260 g/mol. The van der Waals surface area contributed by atoms with Gasteiger partial charge in [-0.3, -0.25) is 4.79 Å². The van der Waals surface area contributed by atoms with E-state index >= 15 is 0 Å². The van der Waals surface area contributed by atoms with Gasteiger partial charge in [-0.05, 0) is 24.3 Å². The zero-order valence-corrected chi connectivity index (χ0v) is 12.2. The van der Waals surface area contributed by atoms with Gasteiger partial charge in [-0.2, -0.15) is 0 Å². The van der Waals surface area contributed by atoms with E-state index in [1.807, 2.05) is 30.3 Å². The Kier molecular flexibility index (Phi) is 6.32. The van der Waals surface area contributed by atoms with Gasteiger partial charge < -0.3 is 11.1 Å². The summed E-state index contributed by atoms with van der Waals surface area (Å²) in [6.45, 7) is 2.56. The summed E-state index contributed by atoms with van der Waals surface area (Å²) >= 11 is 0. The number of hydrogen-bond donors (Lipinski definition) is 2. The summed E-state index contributed by atoms with van der Waals surface area (Å²) in [5, 5.41) is 3.16. The number of benzene rings is 1. The van der Waals surface area contributed by atoms with Crippen molar-refractivity contribution < 1.29 is 4.79 Å². The highest BCUT2D eigenvalue weighted by Crippen LogP contribution is 2.25. The number of carbonyl (C=O) groups is 1. The van der Waals surface area contributed by atoms with E-state index in [1.54, 1.807) is 0 Å². The number of nitrogens with one attached hydrogen (secondary N) is 1. The van der Waals surface area contributed by atoms with Gasteiger partial charge in [-0.15, -0.1) is 12.4 Å². The molecule has 3 unspecified atom stereocenters. The van der Waals surface area contributed by atoms with Gasteiger partial charge in [-0.25, -0.2) is 0 Å². The number of amides is 1. The van der Waals surface area contributed by atoms with Crippen molar-refractivity contribution in [2.75, 3.05) is 6.54 Å². The lowest BCUT2D eigenvalue weighted by molar-refractivity contribution is -0.123. The van der Waals surface area contributed by atoms with Crippen LogP contribution in [0.4, 0.5) is 0 Å². The number of hydrogen-bond acceptors (Lipinski definition) is 2. The van der Waals surface area contributed by atoms with Crippen LogP contribution in [-0.2, 0) is 4.79 Å². The third kappa shape index (κ3) is 3.95. The topological polar surface area (TPSA) is 55.1 Å². The van der Waals surface area contributed by atoms with Crippen LogP contribution in [0.3, 0.4) is 0 Å². The molecule has 1 fully saturated rings. The molecule has 0 aromatic heterocycles. The van der Waals surface area contributed by atoms with Gasteiger partial charge in [0.1, 0.15) is 0 Å². The van der Waals surface area contributed by atoms with Crippen LogP contribution in [0.25, 0.3) is 0 Å². The Hall–Kier alpha value is -1.06. The SMILES string of the molecule is CC1CCCC1NC(=O)C(CN)c1ccccc1.Cl. The molecule has 0 aliphatic heterocycles. The normalized spacial score (nSPS) is 23.5. The van der Waals surface area contributed by atoms with Crippen molar-refractivity contribution in [2.24, 2.45) is 11.7 Å². The summed E-state index contributed by atoms with van der Waals surface area (Å²) in [6.07, 6.45) is 3.52. The summed E-state index contributed by atoms with van der Waals surface area (Å²) in [7, 11) is 0. The fourth-order valence-electron chi connectivity index (χ4n) is 2.72. The largest absolute Gasteiger partial charge is 0.353 e. The zero-order chi connectivity index (χ0) is 13.0. The van der Waals surface area contributed by atoms with Gasteiger partial charge in [0.2, 0.25) is 5.91 Å². The second-order valence-corrected chi connectivity index (χ2v) is 5.22. The van der Waals surface area contributed by atoms with Crippen LogP contribution in [0.5, 0.6) is 0 Å². The highest BCUT2D eigenvalue weighted by molar-refractivity contribution is 5.85. The Morgan fingerprint density at radius 3 is 2.58 bits per heavy atom. The molecule has 0 heterocycles. The second kappa shape index (κ2) is 7.51. The highest BCUT2D eigenvalue weighted by Gasteiger charge is 2.27. The highest BCUT2D eigenvalue weighted by atomic mass is 35.5. The third-order valence-electron chi connectivity index (χ3n) is 3.94. The van der Waals surface area contributed by atoms with Gasteiger partial charge in [-0.1, -0.05) is 43.7 Å². The molecule has 2 rings (SSSR count). The van der Waals surface area contributed by atoms with E-state index in [4.69, 9.17) is 5.73 Å². The maximum atomic E-state index is 12.3. The molecular formula is C15H23ClN2O. The molecule has 106 valence electrons. The summed E-state index contributed by atoms with van der Waals surface area (Å²) in [5.74, 6) is 0.435. The van der Waals surface area contributed by atoms with Crippen LogP contribution in [0.1, 0.15) is 37.7 Å². The van der Waals surface area contributed by atoms with E-state index in [2.05, 4.69) is 12.2 Å². The first kappa shape index (κ1) is 16.0. The van der Waals surface area contributed by atoms with Crippen LogP contribution in [0.2, 0.25) is 0 Å². The van der Waals surface area contributed by atoms with Gasteiger partial charge in [0, 0.05) is 12.6 Å². The van der Waals surface area contributed by atoms with Crippen molar-refractivity contribution in [3.63, 3.8) is 0 Å². The Bertz CT molecular complexity index is 396. The Labute approximate surface area is 121 Å². The monoisotopic (exact) mass is 282 g/mol. The fraction of sp³-hybridized carbons (Fsp3) is 0.533. The van der Waals surface area contributed by atoms with Crippen LogP contribution < -0.4 is 11.1 Å². The minimum atomic E-state index is -0.223. The van der Waals surface area contributed by atoms with Crippen LogP contribution in [0, 0.1) is 5.92 Å². The molecule has 0 spiro atoms. The maximum Gasteiger partial charge on any atom is 0.229 e. The molecule has 1 aliphatic carbocycles. The van der Waals surface area contributed by atoms with Crippen LogP contribution in [-0.4, -0.2) is 18.5 Å². The number of rotatable bonds is 4. The van der Waals surface area contributed by atoms with E-state index < -0.39 is 0 Å². The molecule has 3 nitrogen and oxygen atoms in total. The van der Waals surface area contributed by atoms with E-state index in [0.29, 0.717) is 18.5 Å². The Balaban J connectivity index is 0.00000180. The minimum Gasteiger partial charge on any atom is -0.353 e. The second-order valence-electron chi connectivity index (χ2n) is 5.22. The molecule has 3 atom stereocenters. The average molecular weight is 283 g/mol. The molecule has 1 aromatic rings. The molecule has 0 bridgehead atoms. The van der Waals surface area contributed by atoms with E-state index in [-0.39, 0.29) is 24.2 Å². The van der Waals surface area contributed by atoms with Crippen LogP contribution >= 0.6 is 12.4 Å². The van der Waals surface area contributed by atoms with Crippen molar-refractivity contribution >= 4 is 18.3 Å². The quantitative estimate of drug-likeness (QED) is 0.891. The van der Waals surface area contributed by atoms with Crippen molar-refractivity contribution in [3.8, 4) is 0 Å². The zero-order valence-electron chi connectivity index (χ0n) is 11.3. The van der Waals surface area contributed by atoms with E-state index in [9.17, 15) is 4.79 Å². The van der Waals surface area contributed by atoms with E-state index in [1.165, 1.54) is 12.8 Å². The lowest BCUT2D eigenvalue weighted by Crippen LogP contribution is -2.41. The number of nitrogens with two attached hydrogens (primary N) is 1. The molecule has 1 saturated carbocycles. The van der Waals surface area contributed by atoms with Crippen molar-refractivity contribution in [1.29, 1.82) is 0 Å². The van der Waals surface area contributed by atoms with E-state index in [0.717, 1.165) is 12.0 Å². The molecule has 1 amide bonds. The van der Waals surface area contributed by atoms with Crippen LogP contribution in [0.15, 0.2) is 30.3 Å². The fourth-order valence-corrected chi connectivity index (χ4v) is 2.72. The third-order valence-corrected chi connectivity index (χ3v) is 3.94. The molecule has 0 radical (unpaired) electrons. The number of halogens is 1. The van der Waals surface area contributed by atoms with Crippen molar-refractivity contribution in [1.82, 2.24) is 5.32 Å². The molecule has 0 saturated heterocycles. The first-order valence-corrected chi connectivity index (χ1v) is 6.77. The Morgan fingerprint density at radius 1 is 1.37 bits per heavy atom. The first-order chi connectivity index (χ1) is 8.72. The minimum absolute atomic E-state index is 0. The summed E-state index contributed by atoms with van der Waals surface area (Å²) < 4.78 is 0. The first-order valence-electron chi connectivity index (χ1n) is 6.77. The smallest absolute Gasteiger partial charge is 0.229 e. The van der Waals surface area contributed by atoms with Gasteiger partial charge in [0.05, 0.1) is 5.92 Å². The summed E-state index contributed by atoms with van der Waals surface area (Å²) in [4.78, 5) is 12.3.